The van der Waals surface area contributed by atoms with E-state index in [9.17, 15) is 22.4 Å². The normalized spacial score (nSPS) is 11.9. The van der Waals surface area contributed by atoms with Crippen LogP contribution in [0, 0.1) is 5.82 Å². The van der Waals surface area contributed by atoms with Gasteiger partial charge in [-0.1, -0.05) is 0 Å². The molecule has 0 saturated carbocycles. The molecule has 0 spiro atoms. The van der Waals surface area contributed by atoms with E-state index in [-0.39, 0.29) is 35.7 Å². The molecular formula is C14H13F4NO2. The van der Waals surface area contributed by atoms with Crippen LogP contribution in [-0.4, -0.2) is 18.1 Å². The second-order valence-electron chi connectivity index (χ2n) is 4.60. The molecule has 0 unspecified atom stereocenters. The van der Waals surface area contributed by atoms with Gasteiger partial charge >= 0.3 is 12.1 Å². The number of aryl methyl sites for hydroxylation is 1. The Hall–Kier alpha value is -2.05. The number of hydrogen-bond donors (Lipinski definition) is 1. The van der Waals surface area contributed by atoms with Crippen LogP contribution in [0.2, 0.25) is 0 Å². The highest BCUT2D eigenvalue weighted by Gasteiger charge is 2.36. The molecule has 1 aromatic heterocycles. The third-order valence-corrected chi connectivity index (χ3v) is 3.19. The Bertz CT molecular complexity index is 661. The summed E-state index contributed by atoms with van der Waals surface area (Å²) in [6.07, 6.45) is -4.35. The Balaban J connectivity index is 2.38. The first-order valence-corrected chi connectivity index (χ1v) is 6.27. The van der Waals surface area contributed by atoms with E-state index in [1.54, 1.807) is 0 Å². The zero-order valence-corrected chi connectivity index (χ0v) is 11.2. The Morgan fingerprint density at radius 2 is 2.05 bits per heavy atom. The smallest absolute Gasteiger partial charge is 0.431 e. The quantitative estimate of drug-likeness (QED) is 0.689. The van der Waals surface area contributed by atoms with E-state index in [1.165, 1.54) is 13.2 Å². The first-order valence-electron chi connectivity index (χ1n) is 6.27. The van der Waals surface area contributed by atoms with Crippen molar-refractivity contribution in [3.63, 3.8) is 0 Å². The van der Waals surface area contributed by atoms with Crippen LogP contribution < -0.4 is 0 Å². The fourth-order valence-electron chi connectivity index (χ4n) is 2.23. The minimum Gasteiger partial charge on any atom is -0.469 e. The standard InChI is InChI=1S/C14H13F4NO2/c1-21-12(20)4-2-3-9-10-7-8(15)5-6-11(10)19-13(9)14(16,17)18/h5-7,19H,2-4H2,1H3. The van der Waals surface area contributed by atoms with Crippen LogP contribution in [0.4, 0.5) is 17.6 Å². The number of nitrogens with one attached hydrogen (secondary N) is 1. The average molecular weight is 303 g/mol. The van der Waals surface area contributed by atoms with Crippen LogP contribution in [0.1, 0.15) is 24.1 Å². The maximum Gasteiger partial charge on any atom is 0.431 e. The number of ether oxygens (including phenoxy) is 1. The number of halogens is 4. The van der Waals surface area contributed by atoms with Crippen molar-refractivity contribution in [2.75, 3.05) is 7.11 Å². The number of benzene rings is 1. The van der Waals surface area contributed by atoms with Gasteiger partial charge in [0.2, 0.25) is 0 Å². The zero-order valence-electron chi connectivity index (χ0n) is 11.2. The molecule has 0 aliphatic heterocycles. The number of hydrogen-bond acceptors (Lipinski definition) is 2. The molecule has 0 aliphatic carbocycles. The number of esters is 1. The summed E-state index contributed by atoms with van der Waals surface area (Å²) < 4.78 is 56.8. The van der Waals surface area contributed by atoms with Gasteiger partial charge in [-0.05, 0) is 36.6 Å². The fraction of sp³-hybridized carbons (Fsp3) is 0.357. The lowest BCUT2D eigenvalue weighted by Gasteiger charge is -2.08. The number of carbonyl (C=O) groups excluding carboxylic acids is 1. The first kappa shape index (κ1) is 15.3. The minimum atomic E-state index is -4.56. The lowest BCUT2D eigenvalue weighted by molar-refractivity contribution is -0.141. The summed E-state index contributed by atoms with van der Waals surface area (Å²) >= 11 is 0. The number of rotatable bonds is 4. The summed E-state index contributed by atoms with van der Waals surface area (Å²) in [6.45, 7) is 0. The van der Waals surface area contributed by atoms with Crippen molar-refractivity contribution in [2.45, 2.75) is 25.4 Å². The molecule has 1 aromatic carbocycles. The summed E-state index contributed by atoms with van der Waals surface area (Å²) in [4.78, 5) is 13.3. The molecule has 0 atom stereocenters. The predicted octanol–water partition coefficient (Wildman–Crippen LogP) is 3.82. The second kappa shape index (κ2) is 5.75. The first-order chi connectivity index (χ1) is 9.82. The molecule has 0 radical (unpaired) electrons. The highest BCUT2D eigenvalue weighted by molar-refractivity contribution is 5.85. The van der Waals surface area contributed by atoms with Gasteiger partial charge in [0.15, 0.2) is 0 Å². The lowest BCUT2D eigenvalue weighted by Crippen LogP contribution is -2.09. The van der Waals surface area contributed by atoms with Gasteiger partial charge in [-0.15, -0.1) is 0 Å². The molecule has 0 amide bonds. The maximum atomic E-state index is 13.3. The van der Waals surface area contributed by atoms with Gasteiger partial charge in [0.05, 0.1) is 7.11 Å². The highest BCUT2D eigenvalue weighted by Crippen LogP contribution is 2.36. The number of aromatic amines is 1. The van der Waals surface area contributed by atoms with Crippen LogP contribution in [0.25, 0.3) is 10.9 Å². The van der Waals surface area contributed by atoms with E-state index in [2.05, 4.69) is 9.72 Å². The Morgan fingerprint density at radius 1 is 1.33 bits per heavy atom. The Morgan fingerprint density at radius 3 is 2.67 bits per heavy atom. The van der Waals surface area contributed by atoms with Gasteiger partial charge in [-0.25, -0.2) is 4.39 Å². The van der Waals surface area contributed by atoms with Gasteiger partial charge in [0.1, 0.15) is 11.5 Å². The topological polar surface area (TPSA) is 42.1 Å². The zero-order chi connectivity index (χ0) is 15.6. The SMILES string of the molecule is COC(=O)CCCc1c(C(F)(F)F)[nH]c2ccc(F)cc12. The molecule has 0 bridgehead atoms. The molecule has 2 rings (SSSR count). The molecule has 0 aliphatic rings. The van der Waals surface area contributed by atoms with Gasteiger partial charge in [0.25, 0.3) is 0 Å². The van der Waals surface area contributed by atoms with Gasteiger partial charge in [-0.3, -0.25) is 4.79 Å². The van der Waals surface area contributed by atoms with Crippen molar-refractivity contribution in [1.82, 2.24) is 4.98 Å². The summed E-state index contributed by atoms with van der Waals surface area (Å²) in [5.74, 6) is -1.10. The molecule has 0 fully saturated rings. The Labute approximate surface area is 117 Å². The van der Waals surface area contributed by atoms with E-state index in [1.807, 2.05) is 0 Å². The van der Waals surface area contributed by atoms with E-state index in [4.69, 9.17) is 0 Å². The number of carbonyl (C=O) groups is 1. The van der Waals surface area contributed by atoms with E-state index in [0.717, 1.165) is 12.1 Å². The largest absolute Gasteiger partial charge is 0.469 e. The molecular weight excluding hydrogens is 290 g/mol. The van der Waals surface area contributed by atoms with E-state index in [0.29, 0.717) is 0 Å². The summed E-state index contributed by atoms with van der Waals surface area (Å²) in [7, 11) is 1.21. The predicted molar refractivity (Wildman–Crippen MR) is 68.2 cm³/mol. The molecule has 114 valence electrons. The van der Waals surface area contributed by atoms with Gasteiger partial charge in [-0.2, -0.15) is 13.2 Å². The van der Waals surface area contributed by atoms with Crippen molar-refractivity contribution in [2.24, 2.45) is 0 Å². The third-order valence-electron chi connectivity index (χ3n) is 3.19. The van der Waals surface area contributed by atoms with Crippen LogP contribution in [0.3, 0.4) is 0 Å². The minimum absolute atomic E-state index is 0.00734. The average Bonchev–Trinajstić information content (AvgIpc) is 2.77. The number of H-pyrrole nitrogens is 1. The van der Waals surface area contributed by atoms with Crippen molar-refractivity contribution >= 4 is 16.9 Å². The van der Waals surface area contributed by atoms with Gasteiger partial charge < -0.3 is 9.72 Å². The molecule has 3 nitrogen and oxygen atoms in total. The van der Waals surface area contributed by atoms with Crippen LogP contribution >= 0.6 is 0 Å². The number of alkyl halides is 3. The van der Waals surface area contributed by atoms with Crippen molar-refractivity contribution < 1.29 is 27.1 Å². The molecule has 1 heterocycles. The summed E-state index contributed by atoms with van der Waals surface area (Å²) in [5, 5.41) is 0.187. The van der Waals surface area contributed by atoms with Crippen molar-refractivity contribution in [1.29, 1.82) is 0 Å². The molecule has 21 heavy (non-hydrogen) atoms. The van der Waals surface area contributed by atoms with Crippen molar-refractivity contribution in [3.8, 4) is 0 Å². The van der Waals surface area contributed by atoms with E-state index >= 15 is 0 Å². The van der Waals surface area contributed by atoms with Crippen LogP contribution in [0.5, 0.6) is 0 Å². The maximum absolute atomic E-state index is 13.3. The monoisotopic (exact) mass is 303 g/mol. The summed E-state index contributed by atoms with van der Waals surface area (Å²) in [5.41, 5.74) is -0.703. The highest BCUT2D eigenvalue weighted by atomic mass is 19.4. The molecule has 7 heteroatoms. The van der Waals surface area contributed by atoms with Crippen LogP contribution in [0.15, 0.2) is 18.2 Å². The number of methoxy groups -OCH3 is 1. The van der Waals surface area contributed by atoms with E-state index < -0.39 is 23.7 Å². The second-order valence-corrected chi connectivity index (χ2v) is 4.60. The summed E-state index contributed by atoms with van der Waals surface area (Å²) in [6, 6.07) is 3.43. The number of aromatic nitrogens is 1. The van der Waals surface area contributed by atoms with Crippen molar-refractivity contribution in [3.05, 3.63) is 35.3 Å². The fourth-order valence-corrected chi connectivity index (χ4v) is 2.23. The van der Waals surface area contributed by atoms with Gasteiger partial charge in [0, 0.05) is 17.3 Å². The molecule has 2 aromatic rings. The molecule has 1 N–H and O–H groups in total. The Kier molecular flexibility index (Phi) is 4.20. The number of fused-ring (bicyclic) bond motifs is 1. The third kappa shape index (κ3) is 3.34. The molecule has 0 saturated heterocycles. The lowest BCUT2D eigenvalue weighted by atomic mass is 10.0. The van der Waals surface area contributed by atoms with Crippen LogP contribution in [-0.2, 0) is 22.1 Å².